The number of hydrogen-bond donors (Lipinski definition) is 1. The third-order valence-electron chi connectivity index (χ3n) is 3.95. The molecule has 0 saturated carbocycles. The topological polar surface area (TPSA) is 18.5 Å². The van der Waals surface area contributed by atoms with Gasteiger partial charge in [-0.2, -0.15) is 0 Å². The number of rotatable bonds is 7. The molecule has 0 radical (unpaired) electrons. The molecular weight excluding hydrogens is 210 g/mol. The maximum absolute atomic E-state index is 3.69. The van der Waals surface area contributed by atoms with Gasteiger partial charge in [0.2, 0.25) is 0 Å². The molecule has 1 N–H and O–H groups in total. The molecule has 0 aromatic rings. The Bertz CT molecular complexity index is 204. The Kier molecular flexibility index (Phi) is 6.45. The van der Waals surface area contributed by atoms with E-state index in [9.17, 15) is 0 Å². The van der Waals surface area contributed by atoms with Crippen molar-refractivity contribution in [2.45, 2.75) is 58.7 Å². The molecule has 1 unspecified atom stereocenters. The maximum Gasteiger partial charge on any atom is 0.0207 e. The van der Waals surface area contributed by atoms with Gasteiger partial charge in [-0.05, 0) is 67.2 Å². The van der Waals surface area contributed by atoms with Crippen LogP contribution in [0.3, 0.4) is 0 Å². The van der Waals surface area contributed by atoms with Crippen molar-refractivity contribution < 1.29 is 0 Å². The van der Waals surface area contributed by atoms with Crippen molar-refractivity contribution in [3.63, 3.8) is 0 Å². The largest absolute Gasteiger partial charge is 0.313 e. The molecule has 1 heterocycles. The molecule has 3 heteroatoms. The lowest BCUT2D eigenvalue weighted by atomic mass is 10.2. The minimum atomic E-state index is 0.665. The number of nitrogens with one attached hydrogen (secondary N) is 1. The quantitative estimate of drug-likeness (QED) is 0.686. The summed E-state index contributed by atoms with van der Waals surface area (Å²) in [5.41, 5.74) is 0. The second-order valence-corrected chi connectivity index (χ2v) is 5.96. The lowest BCUT2D eigenvalue weighted by molar-refractivity contribution is 0.260. The van der Waals surface area contributed by atoms with Crippen LogP contribution in [0.2, 0.25) is 0 Å². The van der Waals surface area contributed by atoms with Crippen molar-refractivity contribution in [3.05, 3.63) is 0 Å². The molecule has 3 nitrogen and oxygen atoms in total. The van der Waals surface area contributed by atoms with E-state index in [1.807, 2.05) is 0 Å². The van der Waals surface area contributed by atoms with Crippen LogP contribution in [0.4, 0.5) is 0 Å². The standard InChI is InChI=1S/C14H31N3/c1-12(2)16(5)9-6-8-15-14-7-10-17(11-14)13(3)4/h12-15H,6-11H2,1-5H3. The fourth-order valence-corrected chi connectivity index (χ4v) is 2.32. The summed E-state index contributed by atoms with van der Waals surface area (Å²) in [6.45, 7) is 14.0. The normalized spacial score (nSPS) is 22.2. The molecule has 1 fully saturated rings. The average Bonchev–Trinajstić information content (AvgIpc) is 2.72. The number of nitrogens with zero attached hydrogens (tertiary/aromatic N) is 2. The highest BCUT2D eigenvalue weighted by Gasteiger charge is 2.23. The molecule has 0 amide bonds. The summed E-state index contributed by atoms with van der Waals surface area (Å²) in [5, 5.41) is 3.69. The molecule has 0 aliphatic carbocycles. The highest BCUT2D eigenvalue weighted by atomic mass is 15.2. The van der Waals surface area contributed by atoms with Crippen LogP contribution in [-0.2, 0) is 0 Å². The second-order valence-electron chi connectivity index (χ2n) is 5.96. The molecule has 1 rings (SSSR count). The van der Waals surface area contributed by atoms with E-state index >= 15 is 0 Å². The van der Waals surface area contributed by atoms with E-state index in [-0.39, 0.29) is 0 Å². The zero-order chi connectivity index (χ0) is 12.8. The van der Waals surface area contributed by atoms with Gasteiger partial charge in [0.05, 0.1) is 0 Å². The van der Waals surface area contributed by atoms with Crippen LogP contribution in [0.15, 0.2) is 0 Å². The number of hydrogen-bond acceptors (Lipinski definition) is 3. The molecule has 0 bridgehead atoms. The second kappa shape index (κ2) is 7.34. The predicted octanol–water partition coefficient (Wildman–Crippen LogP) is 1.79. The fraction of sp³-hybridized carbons (Fsp3) is 1.00. The van der Waals surface area contributed by atoms with Crippen molar-refractivity contribution in [3.8, 4) is 0 Å². The third-order valence-corrected chi connectivity index (χ3v) is 3.95. The smallest absolute Gasteiger partial charge is 0.0207 e. The lowest BCUT2D eigenvalue weighted by Gasteiger charge is -2.22. The Balaban J connectivity index is 2.04. The minimum absolute atomic E-state index is 0.665. The van der Waals surface area contributed by atoms with Gasteiger partial charge < -0.3 is 10.2 Å². The van der Waals surface area contributed by atoms with E-state index in [4.69, 9.17) is 0 Å². The third kappa shape index (κ3) is 5.36. The first-order valence-corrected chi connectivity index (χ1v) is 7.18. The molecule has 1 aliphatic heterocycles. The van der Waals surface area contributed by atoms with E-state index < -0.39 is 0 Å². The van der Waals surface area contributed by atoms with Gasteiger partial charge in [-0.1, -0.05) is 0 Å². The minimum Gasteiger partial charge on any atom is -0.313 e. The zero-order valence-corrected chi connectivity index (χ0v) is 12.4. The molecule has 0 spiro atoms. The maximum atomic E-state index is 3.69. The van der Waals surface area contributed by atoms with Crippen LogP contribution >= 0.6 is 0 Å². The van der Waals surface area contributed by atoms with Crippen molar-refractivity contribution >= 4 is 0 Å². The molecule has 1 saturated heterocycles. The first kappa shape index (κ1) is 14.9. The van der Waals surface area contributed by atoms with Crippen molar-refractivity contribution in [1.82, 2.24) is 15.1 Å². The predicted molar refractivity (Wildman–Crippen MR) is 75.5 cm³/mol. The summed E-state index contributed by atoms with van der Waals surface area (Å²) in [5.74, 6) is 0. The Morgan fingerprint density at radius 3 is 2.53 bits per heavy atom. The molecule has 0 aromatic carbocycles. The Morgan fingerprint density at radius 2 is 2.00 bits per heavy atom. The molecule has 1 aliphatic rings. The first-order chi connectivity index (χ1) is 8.00. The SMILES string of the molecule is CC(C)N(C)CCCNC1CCN(C(C)C)C1. The fourth-order valence-electron chi connectivity index (χ4n) is 2.32. The van der Waals surface area contributed by atoms with Crippen molar-refractivity contribution in [1.29, 1.82) is 0 Å². The van der Waals surface area contributed by atoms with Crippen LogP contribution in [0.1, 0.15) is 40.5 Å². The average molecular weight is 241 g/mol. The van der Waals surface area contributed by atoms with Crippen LogP contribution in [0.5, 0.6) is 0 Å². The Morgan fingerprint density at radius 1 is 1.29 bits per heavy atom. The molecule has 0 aromatic heterocycles. The Hall–Kier alpha value is -0.120. The van der Waals surface area contributed by atoms with E-state index in [2.05, 4.69) is 49.9 Å². The highest BCUT2D eigenvalue weighted by Crippen LogP contribution is 2.12. The van der Waals surface area contributed by atoms with E-state index in [1.165, 1.54) is 32.5 Å². The zero-order valence-electron chi connectivity index (χ0n) is 12.4. The van der Waals surface area contributed by atoms with Crippen molar-refractivity contribution in [2.24, 2.45) is 0 Å². The van der Waals surface area contributed by atoms with Gasteiger partial charge in [0, 0.05) is 24.7 Å². The van der Waals surface area contributed by atoms with Gasteiger partial charge in [0.25, 0.3) is 0 Å². The monoisotopic (exact) mass is 241 g/mol. The molecule has 1 atom stereocenters. The van der Waals surface area contributed by atoms with Gasteiger partial charge >= 0.3 is 0 Å². The number of likely N-dealkylation sites (tertiary alicyclic amines) is 1. The lowest BCUT2D eigenvalue weighted by Crippen LogP contribution is -2.36. The summed E-state index contributed by atoms with van der Waals surface area (Å²) in [6.07, 6.45) is 2.57. The Labute approximate surface area is 108 Å². The van der Waals surface area contributed by atoms with E-state index in [1.54, 1.807) is 0 Å². The van der Waals surface area contributed by atoms with Crippen LogP contribution in [-0.4, -0.2) is 61.2 Å². The van der Waals surface area contributed by atoms with Crippen LogP contribution in [0.25, 0.3) is 0 Å². The van der Waals surface area contributed by atoms with E-state index in [0.717, 1.165) is 12.6 Å². The first-order valence-electron chi connectivity index (χ1n) is 7.18. The van der Waals surface area contributed by atoms with Gasteiger partial charge in [-0.25, -0.2) is 0 Å². The molecule has 102 valence electrons. The summed E-state index contributed by atoms with van der Waals surface area (Å²) in [6, 6.07) is 2.09. The summed E-state index contributed by atoms with van der Waals surface area (Å²) >= 11 is 0. The summed E-state index contributed by atoms with van der Waals surface area (Å²) < 4.78 is 0. The summed E-state index contributed by atoms with van der Waals surface area (Å²) in [4.78, 5) is 4.98. The molecule has 17 heavy (non-hydrogen) atoms. The summed E-state index contributed by atoms with van der Waals surface area (Å²) in [7, 11) is 2.21. The van der Waals surface area contributed by atoms with E-state index in [0.29, 0.717) is 12.1 Å². The van der Waals surface area contributed by atoms with Crippen LogP contribution in [0, 0.1) is 0 Å². The van der Waals surface area contributed by atoms with Gasteiger partial charge in [-0.3, -0.25) is 4.90 Å². The van der Waals surface area contributed by atoms with Crippen molar-refractivity contribution in [2.75, 3.05) is 33.2 Å². The molecular formula is C14H31N3. The van der Waals surface area contributed by atoms with Gasteiger partial charge in [0.15, 0.2) is 0 Å². The van der Waals surface area contributed by atoms with Gasteiger partial charge in [-0.15, -0.1) is 0 Å². The van der Waals surface area contributed by atoms with Crippen LogP contribution < -0.4 is 5.32 Å². The van der Waals surface area contributed by atoms with Gasteiger partial charge in [0.1, 0.15) is 0 Å². The highest BCUT2D eigenvalue weighted by molar-refractivity contribution is 4.82.